The SMILES string of the molecule is CS(=O)(=O)N[C@H]1CCCC[C@@H]1N.Cc1cc(C)c(C)cc1C.[Ru]. The third-order valence-electron chi connectivity index (χ3n) is 4.29. The molecule has 0 aromatic heterocycles. The first kappa shape index (κ1) is 22.7. The second kappa shape index (κ2) is 9.88. The van der Waals surface area contributed by atoms with Gasteiger partial charge < -0.3 is 5.73 Å². The van der Waals surface area contributed by atoms with Gasteiger partial charge in [-0.3, -0.25) is 0 Å². The molecule has 134 valence electrons. The molecule has 1 aliphatic carbocycles. The Morgan fingerprint density at radius 2 is 1.35 bits per heavy atom. The van der Waals surface area contributed by atoms with Crippen LogP contribution in [0, 0.1) is 27.7 Å². The van der Waals surface area contributed by atoms with Gasteiger partial charge in [-0.05, 0) is 62.8 Å². The maximum absolute atomic E-state index is 10.9. The summed E-state index contributed by atoms with van der Waals surface area (Å²) in [5.74, 6) is 0. The van der Waals surface area contributed by atoms with Gasteiger partial charge in [-0.2, -0.15) is 0 Å². The molecule has 1 aromatic rings. The summed E-state index contributed by atoms with van der Waals surface area (Å²) in [5.41, 5.74) is 11.3. The minimum absolute atomic E-state index is 0. The molecule has 0 spiro atoms. The van der Waals surface area contributed by atoms with Crippen LogP contribution in [-0.4, -0.2) is 26.8 Å². The van der Waals surface area contributed by atoms with E-state index in [4.69, 9.17) is 5.73 Å². The van der Waals surface area contributed by atoms with Gasteiger partial charge in [0.2, 0.25) is 10.0 Å². The van der Waals surface area contributed by atoms with Crippen molar-refractivity contribution in [3.05, 3.63) is 34.4 Å². The molecule has 1 saturated carbocycles. The Kier molecular flexibility index (Phi) is 9.75. The van der Waals surface area contributed by atoms with Crippen molar-refractivity contribution in [1.82, 2.24) is 4.72 Å². The van der Waals surface area contributed by atoms with Gasteiger partial charge in [0.25, 0.3) is 0 Å². The minimum atomic E-state index is -3.09. The van der Waals surface area contributed by atoms with Crippen molar-refractivity contribution in [3.63, 3.8) is 0 Å². The number of nitrogens with one attached hydrogen (secondary N) is 1. The average molecular weight is 428 g/mol. The topological polar surface area (TPSA) is 72.2 Å². The van der Waals surface area contributed by atoms with Crippen LogP contribution in [0.2, 0.25) is 0 Å². The van der Waals surface area contributed by atoms with Gasteiger partial charge in [0.05, 0.1) is 6.26 Å². The molecule has 1 fully saturated rings. The number of hydrogen-bond donors (Lipinski definition) is 2. The second-order valence-electron chi connectivity index (χ2n) is 6.47. The fourth-order valence-electron chi connectivity index (χ4n) is 2.69. The molecular weight excluding hydrogens is 397 g/mol. The Labute approximate surface area is 154 Å². The largest absolute Gasteiger partial charge is 0.326 e. The van der Waals surface area contributed by atoms with Crippen LogP contribution >= 0.6 is 0 Å². The van der Waals surface area contributed by atoms with E-state index in [9.17, 15) is 8.42 Å². The summed E-state index contributed by atoms with van der Waals surface area (Å²) >= 11 is 0. The summed E-state index contributed by atoms with van der Waals surface area (Å²) in [7, 11) is -3.09. The molecule has 23 heavy (non-hydrogen) atoms. The molecule has 2 rings (SSSR count). The van der Waals surface area contributed by atoms with Crippen molar-refractivity contribution >= 4 is 10.0 Å². The molecule has 2 atom stereocenters. The van der Waals surface area contributed by atoms with Gasteiger partial charge >= 0.3 is 0 Å². The first-order chi connectivity index (χ1) is 10.1. The Balaban J connectivity index is 0.000000409. The van der Waals surface area contributed by atoms with Crippen LogP contribution in [0.25, 0.3) is 0 Å². The van der Waals surface area contributed by atoms with E-state index in [0.717, 1.165) is 25.7 Å². The van der Waals surface area contributed by atoms with E-state index in [1.807, 2.05) is 0 Å². The average Bonchev–Trinajstić information content (AvgIpc) is 2.39. The van der Waals surface area contributed by atoms with Crippen molar-refractivity contribution in [2.75, 3.05) is 6.26 Å². The van der Waals surface area contributed by atoms with Crippen LogP contribution in [0.15, 0.2) is 12.1 Å². The number of aryl methyl sites for hydroxylation is 4. The van der Waals surface area contributed by atoms with Crippen molar-refractivity contribution in [2.45, 2.75) is 65.5 Å². The van der Waals surface area contributed by atoms with E-state index in [-0.39, 0.29) is 31.6 Å². The summed E-state index contributed by atoms with van der Waals surface area (Å²) in [5, 5.41) is 0. The van der Waals surface area contributed by atoms with Gasteiger partial charge in [0.1, 0.15) is 0 Å². The second-order valence-corrected chi connectivity index (χ2v) is 8.25. The van der Waals surface area contributed by atoms with Crippen LogP contribution in [0.3, 0.4) is 0 Å². The number of nitrogens with two attached hydrogens (primary N) is 1. The van der Waals surface area contributed by atoms with Crippen molar-refractivity contribution < 1.29 is 27.9 Å². The van der Waals surface area contributed by atoms with Crippen LogP contribution in [0.4, 0.5) is 0 Å². The van der Waals surface area contributed by atoms with E-state index in [1.54, 1.807) is 0 Å². The molecule has 0 aliphatic heterocycles. The smallest absolute Gasteiger partial charge is 0.209 e. The Hall–Kier alpha value is -0.287. The van der Waals surface area contributed by atoms with Crippen LogP contribution in [0.1, 0.15) is 47.9 Å². The van der Waals surface area contributed by atoms with Gasteiger partial charge in [0, 0.05) is 31.6 Å². The maximum Gasteiger partial charge on any atom is 0.209 e. The van der Waals surface area contributed by atoms with E-state index in [2.05, 4.69) is 44.5 Å². The first-order valence-electron chi connectivity index (χ1n) is 7.87. The number of benzene rings is 1. The maximum atomic E-state index is 10.9. The molecule has 0 unspecified atom stereocenters. The molecule has 6 heteroatoms. The third kappa shape index (κ3) is 8.39. The number of hydrogen-bond acceptors (Lipinski definition) is 3. The fraction of sp³-hybridized carbons (Fsp3) is 0.647. The van der Waals surface area contributed by atoms with Crippen LogP contribution < -0.4 is 10.5 Å². The molecule has 0 amide bonds. The summed E-state index contributed by atoms with van der Waals surface area (Å²) in [6.07, 6.45) is 5.15. The van der Waals surface area contributed by atoms with Gasteiger partial charge in [0.15, 0.2) is 0 Å². The normalized spacial score (nSPS) is 21.0. The molecule has 0 bridgehead atoms. The third-order valence-corrected chi connectivity index (χ3v) is 5.03. The zero-order valence-electron chi connectivity index (χ0n) is 14.8. The Morgan fingerprint density at radius 1 is 0.957 bits per heavy atom. The zero-order valence-corrected chi connectivity index (χ0v) is 17.3. The molecular formula is C17H30N2O2RuS. The summed E-state index contributed by atoms with van der Waals surface area (Å²) in [4.78, 5) is 0. The van der Waals surface area contributed by atoms with Crippen molar-refractivity contribution in [2.24, 2.45) is 5.73 Å². The minimum Gasteiger partial charge on any atom is -0.326 e. The summed E-state index contributed by atoms with van der Waals surface area (Å²) < 4.78 is 24.3. The molecule has 1 aliphatic rings. The number of sulfonamides is 1. The van der Waals surface area contributed by atoms with E-state index < -0.39 is 10.0 Å². The molecule has 1 aromatic carbocycles. The quantitative estimate of drug-likeness (QED) is 0.713. The van der Waals surface area contributed by atoms with E-state index in [1.165, 1.54) is 28.5 Å². The zero-order chi connectivity index (χ0) is 16.9. The summed E-state index contributed by atoms with van der Waals surface area (Å²) in [6.45, 7) is 8.62. The van der Waals surface area contributed by atoms with Crippen molar-refractivity contribution in [1.29, 1.82) is 0 Å². The monoisotopic (exact) mass is 428 g/mol. The fourth-order valence-corrected chi connectivity index (χ4v) is 3.53. The predicted octanol–water partition coefficient (Wildman–Crippen LogP) is 2.72. The predicted molar refractivity (Wildman–Crippen MR) is 93.6 cm³/mol. The van der Waals surface area contributed by atoms with Crippen molar-refractivity contribution in [3.8, 4) is 0 Å². The standard InChI is InChI=1S/C10H14.C7H16N2O2S.Ru/c1-7-5-9(3)10(4)6-8(7)2;1-12(10,11)9-7-5-3-2-4-6(7)8;/h5-6H,1-4H3;6-7,9H,2-5,8H2,1H3;/t;6-,7-;/m.0./s1. The van der Waals surface area contributed by atoms with Gasteiger partial charge in [-0.1, -0.05) is 25.0 Å². The molecule has 3 N–H and O–H groups in total. The Bertz CT molecular complexity index is 553. The van der Waals surface area contributed by atoms with E-state index >= 15 is 0 Å². The molecule has 4 nitrogen and oxygen atoms in total. The van der Waals surface area contributed by atoms with Crippen LogP contribution in [0.5, 0.6) is 0 Å². The first-order valence-corrected chi connectivity index (χ1v) is 9.76. The van der Waals surface area contributed by atoms with Gasteiger partial charge in [-0.15, -0.1) is 0 Å². The van der Waals surface area contributed by atoms with Gasteiger partial charge in [-0.25, -0.2) is 13.1 Å². The summed E-state index contributed by atoms with van der Waals surface area (Å²) in [6, 6.07) is 4.43. The van der Waals surface area contributed by atoms with E-state index in [0.29, 0.717) is 0 Å². The molecule has 0 heterocycles. The number of rotatable bonds is 2. The molecule has 0 saturated heterocycles. The van der Waals surface area contributed by atoms with Crippen LogP contribution in [-0.2, 0) is 29.5 Å². The Morgan fingerprint density at radius 3 is 1.70 bits per heavy atom. The molecule has 0 radical (unpaired) electrons.